The lowest BCUT2D eigenvalue weighted by atomic mass is 10.3. The van der Waals surface area contributed by atoms with Gasteiger partial charge in [0.15, 0.2) is 0 Å². The Morgan fingerprint density at radius 2 is 2.21 bits per heavy atom. The van der Waals surface area contributed by atoms with Crippen LogP contribution >= 0.6 is 0 Å². The van der Waals surface area contributed by atoms with E-state index in [-0.39, 0.29) is 6.61 Å². The van der Waals surface area contributed by atoms with Gasteiger partial charge in [0.2, 0.25) is 5.69 Å². The highest BCUT2D eigenvalue weighted by atomic mass is 19.4. The first-order chi connectivity index (χ1) is 8.76. The molecular weight excluding hydrogens is 271 g/mol. The van der Waals surface area contributed by atoms with E-state index in [1.54, 1.807) is 0 Å². The summed E-state index contributed by atoms with van der Waals surface area (Å²) in [5, 5.41) is 14.1. The topological polar surface area (TPSA) is 87.3 Å². The van der Waals surface area contributed by atoms with Crippen LogP contribution in [-0.2, 0) is 11.3 Å². The van der Waals surface area contributed by atoms with Crippen molar-refractivity contribution in [2.45, 2.75) is 26.1 Å². The first-order valence-corrected chi connectivity index (χ1v) is 5.20. The van der Waals surface area contributed by atoms with Crippen molar-refractivity contribution in [3.63, 3.8) is 0 Å². The molecule has 0 spiro atoms. The summed E-state index contributed by atoms with van der Waals surface area (Å²) in [6.07, 6.45) is -4.98. The van der Waals surface area contributed by atoms with Gasteiger partial charge in [-0.05, 0) is 6.92 Å². The van der Waals surface area contributed by atoms with Crippen LogP contribution in [0.2, 0.25) is 0 Å². The van der Waals surface area contributed by atoms with Crippen LogP contribution in [0.5, 0.6) is 0 Å². The second-order valence-corrected chi connectivity index (χ2v) is 3.44. The Bertz CT molecular complexity index is 484. The van der Waals surface area contributed by atoms with E-state index in [1.165, 1.54) is 6.92 Å². The molecule has 1 heterocycles. The summed E-state index contributed by atoms with van der Waals surface area (Å²) in [6.45, 7) is 0.728. The van der Waals surface area contributed by atoms with Crippen LogP contribution in [0.25, 0.3) is 0 Å². The molecule has 106 valence electrons. The summed E-state index contributed by atoms with van der Waals surface area (Å²) < 4.78 is 41.5. The van der Waals surface area contributed by atoms with E-state index in [4.69, 9.17) is 0 Å². The zero-order valence-corrected chi connectivity index (χ0v) is 9.81. The Kier molecular flexibility index (Phi) is 4.46. The Hall–Kier alpha value is -2.13. The van der Waals surface area contributed by atoms with Gasteiger partial charge < -0.3 is 4.74 Å². The molecule has 0 amide bonds. The van der Waals surface area contributed by atoms with Crippen molar-refractivity contribution < 1.29 is 27.6 Å². The molecule has 0 bridgehead atoms. The second kappa shape index (κ2) is 5.67. The summed E-state index contributed by atoms with van der Waals surface area (Å²) in [4.78, 5) is 21.3. The molecule has 0 saturated heterocycles. The molecule has 0 unspecified atom stereocenters. The van der Waals surface area contributed by atoms with Crippen LogP contribution in [0, 0.1) is 10.1 Å². The maximum absolute atomic E-state index is 12.1. The van der Waals surface area contributed by atoms with Crippen molar-refractivity contribution in [2.75, 3.05) is 6.61 Å². The van der Waals surface area contributed by atoms with Gasteiger partial charge in [0, 0.05) is 0 Å². The number of aryl methyl sites for hydroxylation is 1. The number of nitro groups is 1. The predicted octanol–water partition coefficient (Wildman–Crippen LogP) is 1.92. The summed E-state index contributed by atoms with van der Waals surface area (Å²) >= 11 is 0. The first-order valence-electron chi connectivity index (χ1n) is 5.20. The molecule has 0 aromatic carbocycles. The Morgan fingerprint density at radius 1 is 1.58 bits per heavy atom. The zero-order valence-electron chi connectivity index (χ0n) is 9.81. The molecule has 0 radical (unpaired) electrons. The molecule has 0 fully saturated rings. The van der Waals surface area contributed by atoms with Gasteiger partial charge in [-0.15, -0.1) is 0 Å². The highest BCUT2D eigenvalue weighted by Crippen LogP contribution is 2.23. The van der Waals surface area contributed by atoms with E-state index in [1.807, 2.05) is 0 Å². The van der Waals surface area contributed by atoms with Crippen molar-refractivity contribution in [1.82, 2.24) is 9.78 Å². The van der Waals surface area contributed by atoms with Crippen LogP contribution < -0.4 is 0 Å². The highest BCUT2D eigenvalue weighted by Gasteiger charge is 2.31. The van der Waals surface area contributed by atoms with Crippen molar-refractivity contribution in [3.8, 4) is 0 Å². The molecule has 0 atom stereocenters. The average molecular weight is 281 g/mol. The monoisotopic (exact) mass is 281 g/mol. The number of hydrogen-bond acceptors (Lipinski definition) is 5. The molecule has 1 rings (SSSR count). The van der Waals surface area contributed by atoms with Gasteiger partial charge >= 0.3 is 17.8 Å². The normalized spacial score (nSPS) is 11.4. The summed E-state index contributed by atoms with van der Waals surface area (Å²) in [5.74, 6) is -1.08. The van der Waals surface area contributed by atoms with Gasteiger partial charge in [0.05, 0.1) is 24.5 Å². The molecule has 19 heavy (non-hydrogen) atoms. The molecule has 10 heteroatoms. The summed E-state index contributed by atoms with van der Waals surface area (Å²) in [6, 6.07) is 0. The molecular formula is C9H10F3N3O4. The van der Waals surface area contributed by atoms with Crippen molar-refractivity contribution in [1.29, 1.82) is 0 Å². The van der Waals surface area contributed by atoms with E-state index >= 15 is 0 Å². The third-order valence-electron chi connectivity index (χ3n) is 2.09. The molecule has 1 aromatic heterocycles. The fourth-order valence-electron chi connectivity index (χ4n) is 1.32. The number of nitrogens with zero attached hydrogens (tertiary/aromatic N) is 3. The number of esters is 1. The molecule has 0 aliphatic carbocycles. The fraction of sp³-hybridized carbons (Fsp3) is 0.556. The number of alkyl halides is 3. The molecule has 1 aromatic rings. The van der Waals surface area contributed by atoms with Gasteiger partial charge in [0.25, 0.3) is 0 Å². The second-order valence-electron chi connectivity index (χ2n) is 3.44. The van der Waals surface area contributed by atoms with Gasteiger partial charge in [-0.2, -0.15) is 18.3 Å². The Labute approximate surface area is 105 Å². The minimum absolute atomic E-state index is 0.0551. The summed E-state index contributed by atoms with van der Waals surface area (Å²) in [5.41, 5.74) is -1.27. The molecule has 0 N–H and O–H groups in total. The predicted molar refractivity (Wildman–Crippen MR) is 55.5 cm³/mol. The lowest BCUT2D eigenvalue weighted by molar-refractivity contribution is -0.385. The van der Waals surface area contributed by atoms with E-state index in [0.717, 1.165) is 6.20 Å². The van der Waals surface area contributed by atoms with Gasteiger partial charge in [0.1, 0.15) is 6.20 Å². The van der Waals surface area contributed by atoms with E-state index < -0.39 is 41.4 Å². The average Bonchev–Trinajstić information content (AvgIpc) is 2.69. The lowest BCUT2D eigenvalue weighted by Crippen LogP contribution is -2.18. The van der Waals surface area contributed by atoms with Gasteiger partial charge in [-0.1, -0.05) is 0 Å². The standard InChI is InChI=1S/C9H10F3N3O4/c1-2-19-8(16)7-6(15(17)18)5-13-14(7)4-3-9(10,11)12/h5H,2-4H2,1H3. The molecule has 0 aliphatic heterocycles. The minimum Gasteiger partial charge on any atom is -0.461 e. The SMILES string of the molecule is CCOC(=O)c1c([N+](=O)[O-])cnn1CCC(F)(F)F. The van der Waals surface area contributed by atoms with Crippen molar-refractivity contribution in [3.05, 3.63) is 22.0 Å². The third-order valence-corrected chi connectivity index (χ3v) is 2.09. The number of ether oxygens (including phenoxy) is 1. The van der Waals surface area contributed by atoms with E-state index in [2.05, 4.69) is 9.84 Å². The minimum atomic E-state index is -4.45. The lowest BCUT2D eigenvalue weighted by Gasteiger charge is -2.08. The maximum atomic E-state index is 12.1. The largest absolute Gasteiger partial charge is 0.461 e. The van der Waals surface area contributed by atoms with E-state index in [9.17, 15) is 28.1 Å². The smallest absolute Gasteiger partial charge is 0.390 e. The number of hydrogen-bond donors (Lipinski definition) is 0. The van der Waals surface area contributed by atoms with Crippen LogP contribution in [0.4, 0.5) is 18.9 Å². The van der Waals surface area contributed by atoms with Gasteiger partial charge in [-0.25, -0.2) is 4.79 Å². The molecule has 0 aliphatic rings. The number of aromatic nitrogens is 2. The zero-order chi connectivity index (χ0) is 14.6. The highest BCUT2D eigenvalue weighted by molar-refractivity contribution is 5.91. The maximum Gasteiger partial charge on any atom is 0.390 e. The Balaban J connectivity index is 3.04. The Morgan fingerprint density at radius 3 is 2.68 bits per heavy atom. The van der Waals surface area contributed by atoms with Crippen molar-refractivity contribution >= 4 is 11.7 Å². The first kappa shape index (κ1) is 14.9. The van der Waals surface area contributed by atoms with Crippen molar-refractivity contribution in [2.24, 2.45) is 0 Å². The quantitative estimate of drug-likeness (QED) is 0.467. The number of halogens is 3. The molecule has 7 nitrogen and oxygen atoms in total. The van der Waals surface area contributed by atoms with Crippen LogP contribution in [-0.4, -0.2) is 33.5 Å². The van der Waals surface area contributed by atoms with Crippen LogP contribution in [0.3, 0.4) is 0 Å². The number of carbonyl (C=O) groups excluding carboxylic acids is 1. The molecule has 0 saturated carbocycles. The fourth-order valence-corrected chi connectivity index (χ4v) is 1.32. The number of carbonyl (C=O) groups is 1. The van der Waals surface area contributed by atoms with Crippen LogP contribution in [0.15, 0.2) is 6.20 Å². The van der Waals surface area contributed by atoms with Crippen LogP contribution in [0.1, 0.15) is 23.8 Å². The van der Waals surface area contributed by atoms with E-state index in [0.29, 0.717) is 4.68 Å². The summed E-state index contributed by atoms with van der Waals surface area (Å²) in [7, 11) is 0. The van der Waals surface area contributed by atoms with Gasteiger partial charge in [-0.3, -0.25) is 14.8 Å². The number of rotatable bonds is 5. The third kappa shape index (κ3) is 3.93.